The molecule has 5 nitrogen and oxygen atoms in total. The standard InChI is InChI=1S/C15H17NO4S/c1-3-7-20-14-11(5-4-6-12(14)19-2)15-16-10(9-21-15)8-13(17)18/h4-6,9H,3,7-8H2,1-2H3,(H,17,18)/p-1. The van der Waals surface area contributed by atoms with Crippen LogP contribution in [0.3, 0.4) is 0 Å². The van der Waals surface area contributed by atoms with E-state index >= 15 is 0 Å². The number of nitrogens with zero attached hydrogens (tertiary/aromatic N) is 1. The van der Waals surface area contributed by atoms with Crippen molar-refractivity contribution in [2.45, 2.75) is 19.8 Å². The smallest absolute Gasteiger partial charge is 0.171 e. The minimum absolute atomic E-state index is 0.189. The van der Waals surface area contributed by atoms with Crippen LogP contribution in [0, 0.1) is 0 Å². The van der Waals surface area contributed by atoms with Gasteiger partial charge in [-0.2, -0.15) is 0 Å². The van der Waals surface area contributed by atoms with Crippen LogP contribution in [0.25, 0.3) is 10.6 Å². The number of aromatic nitrogens is 1. The van der Waals surface area contributed by atoms with E-state index in [1.54, 1.807) is 12.5 Å². The van der Waals surface area contributed by atoms with Gasteiger partial charge in [-0.05, 0) is 18.6 Å². The predicted octanol–water partition coefficient (Wildman–Crippen LogP) is 1.90. The Labute approximate surface area is 127 Å². The van der Waals surface area contributed by atoms with Crippen molar-refractivity contribution in [3.05, 3.63) is 29.3 Å². The van der Waals surface area contributed by atoms with Crippen molar-refractivity contribution in [2.75, 3.05) is 13.7 Å². The number of thiazole rings is 1. The number of benzene rings is 1. The van der Waals surface area contributed by atoms with Crippen LogP contribution >= 0.6 is 11.3 Å². The maximum atomic E-state index is 10.6. The van der Waals surface area contributed by atoms with Crippen LogP contribution in [-0.2, 0) is 11.2 Å². The van der Waals surface area contributed by atoms with Crippen LogP contribution in [0.4, 0.5) is 0 Å². The van der Waals surface area contributed by atoms with E-state index < -0.39 is 5.97 Å². The molecule has 1 aromatic heterocycles. The molecule has 0 aliphatic rings. The number of carbonyl (C=O) groups is 1. The molecule has 21 heavy (non-hydrogen) atoms. The van der Waals surface area contributed by atoms with E-state index in [1.165, 1.54) is 11.3 Å². The monoisotopic (exact) mass is 306 g/mol. The van der Waals surface area contributed by atoms with Crippen LogP contribution in [-0.4, -0.2) is 24.7 Å². The highest BCUT2D eigenvalue weighted by Gasteiger charge is 2.15. The normalized spacial score (nSPS) is 10.4. The number of carboxylic acid groups (broad SMARTS) is 1. The zero-order chi connectivity index (χ0) is 15.2. The molecule has 0 saturated heterocycles. The Morgan fingerprint density at radius 1 is 1.43 bits per heavy atom. The van der Waals surface area contributed by atoms with Gasteiger partial charge in [-0.3, -0.25) is 0 Å². The molecule has 0 aliphatic carbocycles. The second-order valence-corrected chi connectivity index (χ2v) is 5.24. The number of hydrogen-bond donors (Lipinski definition) is 0. The van der Waals surface area contributed by atoms with Crippen LogP contribution in [0.5, 0.6) is 11.5 Å². The number of para-hydroxylation sites is 1. The first kappa shape index (κ1) is 15.3. The number of hydrogen-bond acceptors (Lipinski definition) is 6. The molecule has 0 amide bonds. The fourth-order valence-corrected chi connectivity index (χ4v) is 2.70. The number of aliphatic carboxylic acids is 1. The van der Waals surface area contributed by atoms with E-state index in [1.807, 2.05) is 25.1 Å². The third-order valence-corrected chi connectivity index (χ3v) is 3.68. The molecular formula is C15H16NO4S-. The van der Waals surface area contributed by atoms with Gasteiger partial charge in [0.1, 0.15) is 5.01 Å². The lowest BCUT2D eigenvalue weighted by molar-refractivity contribution is -0.304. The summed E-state index contributed by atoms with van der Waals surface area (Å²) in [5.41, 5.74) is 1.29. The van der Waals surface area contributed by atoms with Crippen molar-refractivity contribution in [1.29, 1.82) is 0 Å². The molecule has 0 spiro atoms. The number of carboxylic acids is 1. The molecular weight excluding hydrogens is 290 g/mol. The highest BCUT2D eigenvalue weighted by molar-refractivity contribution is 7.13. The number of carbonyl (C=O) groups excluding carboxylic acids is 1. The third kappa shape index (κ3) is 3.72. The maximum absolute atomic E-state index is 10.6. The van der Waals surface area contributed by atoms with Gasteiger partial charge in [0.15, 0.2) is 11.5 Å². The summed E-state index contributed by atoms with van der Waals surface area (Å²) < 4.78 is 11.1. The first-order valence-electron chi connectivity index (χ1n) is 6.60. The van der Waals surface area contributed by atoms with E-state index in [9.17, 15) is 9.90 Å². The van der Waals surface area contributed by atoms with Gasteiger partial charge in [-0.25, -0.2) is 4.98 Å². The molecule has 2 rings (SSSR count). The maximum Gasteiger partial charge on any atom is 0.171 e. The lowest BCUT2D eigenvalue weighted by atomic mass is 10.2. The summed E-state index contributed by atoms with van der Waals surface area (Å²) in [4.78, 5) is 15.0. The van der Waals surface area contributed by atoms with Crippen molar-refractivity contribution in [3.63, 3.8) is 0 Å². The van der Waals surface area contributed by atoms with Gasteiger partial charge < -0.3 is 19.4 Å². The largest absolute Gasteiger partial charge is 0.550 e. The SMILES string of the molecule is CCCOc1c(OC)cccc1-c1nc(CC(=O)[O-])cs1. The Morgan fingerprint density at radius 3 is 2.90 bits per heavy atom. The van der Waals surface area contributed by atoms with E-state index in [0.717, 1.165) is 12.0 Å². The molecule has 0 aliphatic heterocycles. The summed E-state index contributed by atoms with van der Waals surface area (Å²) in [6, 6.07) is 5.56. The van der Waals surface area contributed by atoms with Gasteiger partial charge in [-0.15, -0.1) is 11.3 Å². The summed E-state index contributed by atoms with van der Waals surface area (Å²) in [5.74, 6) is 0.133. The molecule has 1 heterocycles. The van der Waals surface area contributed by atoms with Crippen LogP contribution in [0.2, 0.25) is 0 Å². The number of ether oxygens (including phenoxy) is 2. The van der Waals surface area contributed by atoms with Gasteiger partial charge in [-0.1, -0.05) is 13.0 Å². The fraction of sp³-hybridized carbons (Fsp3) is 0.333. The minimum atomic E-state index is -1.14. The Balaban J connectivity index is 2.37. The van der Waals surface area contributed by atoms with Gasteiger partial charge in [0, 0.05) is 17.8 Å². The Kier molecular flexibility index (Phi) is 5.16. The Hall–Kier alpha value is -2.08. The lowest BCUT2D eigenvalue weighted by Crippen LogP contribution is -2.24. The molecule has 0 fully saturated rings. The van der Waals surface area contributed by atoms with Gasteiger partial charge in [0.25, 0.3) is 0 Å². The highest BCUT2D eigenvalue weighted by Crippen LogP contribution is 2.39. The molecule has 0 bridgehead atoms. The summed E-state index contributed by atoms with van der Waals surface area (Å²) in [7, 11) is 1.58. The molecule has 0 N–H and O–H groups in total. The molecule has 112 valence electrons. The van der Waals surface area contributed by atoms with Crippen LogP contribution < -0.4 is 14.6 Å². The van der Waals surface area contributed by atoms with E-state index in [0.29, 0.717) is 28.8 Å². The summed E-state index contributed by atoms with van der Waals surface area (Å²) >= 11 is 1.37. The van der Waals surface area contributed by atoms with Gasteiger partial charge in [0.2, 0.25) is 0 Å². The van der Waals surface area contributed by atoms with Crippen molar-refractivity contribution in [1.82, 2.24) is 4.98 Å². The van der Waals surface area contributed by atoms with Crippen molar-refractivity contribution >= 4 is 17.3 Å². The number of methoxy groups -OCH3 is 1. The first-order valence-corrected chi connectivity index (χ1v) is 7.48. The summed E-state index contributed by atoms with van der Waals surface area (Å²) in [6.07, 6.45) is 0.691. The fourth-order valence-electron chi connectivity index (χ4n) is 1.86. The van der Waals surface area contributed by atoms with Crippen molar-refractivity contribution in [3.8, 4) is 22.1 Å². The first-order chi connectivity index (χ1) is 10.2. The molecule has 0 unspecified atom stereocenters. The lowest BCUT2D eigenvalue weighted by Gasteiger charge is -2.13. The molecule has 1 aromatic carbocycles. The Morgan fingerprint density at radius 2 is 2.24 bits per heavy atom. The zero-order valence-corrected chi connectivity index (χ0v) is 12.7. The topological polar surface area (TPSA) is 71.5 Å². The summed E-state index contributed by atoms with van der Waals surface area (Å²) in [5, 5.41) is 13.1. The highest BCUT2D eigenvalue weighted by atomic mass is 32.1. The molecule has 0 radical (unpaired) electrons. The van der Waals surface area contributed by atoms with Crippen LogP contribution in [0.1, 0.15) is 19.0 Å². The van der Waals surface area contributed by atoms with E-state index in [2.05, 4.69) is 4.98 Å². The minimum Gasteiger partial charge on any atom is -0.550 e. The van der Waals surface area contributed by atoms with Crippen molar-refractivity contribution in [2.24, 2.45) is 0 Å². The molecule has 0 saturated carbocycles. The quantitative estimate of drug-likeness (QED) is 0.781. The molecule has 2 aromatic rings. The number of rotatable bonds is 7. The van der Waals surface area contributed by atoms with Crippen molar-refractivity contribution < 1.29 is 19.4 Å². The summed E-state index contributed by atoms with van der Waals surface area (Å²) in [6.45, 7) is 2.60. The predicted molar refractivity (Wildman–Crippen MR) is 78.6 cm³/mol. The zero-order valence-electron chi connectivity index (χ0n) is 11.9. The van der Waals surface area contributed by atoms with Gasteiger partial charge in [0.05, 0.1) is 25.0 Å². The van der Waals surface area contributed by atoms with E-state index in [4.69, 9.17) is 9.47 Å². The third-order valence-electron chi connectivity index (χ3n) is 2.76. The van der Waals surface area contributed by atoms with Crippen LogP contribution in [0.15, 0.2) is 23.6 Å². The van der Waals surface area contributed by atoms with Gasteiger partial charge >= 0.3 is 0 Å². The average Bonchev–Trinajstić information content (AvgIpc) is 2.92. The second-order valence-electron chi connectivity index (χ2n) is 4.38. The molecule has 6 heteroatoms. The van der Waals surface area contributed by atoms with E-state index in [-0.39, 0.29) is 6.42 Å². The second kappa shape index (κ2) is 7.08. The average molecular weight is 306 g/mol. The molecule has 0 atom stereocenters. The Bertz CT molecular complexity index is 624.